The molecule has 0 unspecified atom stereocenters. The fraction of sp³-hybridized carbons (Fsp3) is 0.211. The molecule has 13 heteroatoms. The zero-order valence-electron chi connectivity index (χ0n) is 16.1. The number of rotatable bonds is 7. The van der Waals surface area contributed by atoms with Crippen LogP contribution in [-0.4, -0.2) is 24.0 Å². The molecule has 0 bridgehead atoms. The van der Waals surface area contributed by atoms with Gasteiger partial charge in [0, 0.05) is 12.8 Å². The van der Waals surface area contributed by atoms with Crippen molar-refractivity contribution in [1.29, 1.82) is 0 Å². The van der Waals surface area contributed by atoms with Crippen LogP contribution in [-0.2, 0) is 11.0 Å². The Kier molecular flexibility index (Phi) is 7.33. The minimum atomic E-state index is -4.94. The minimum Gasteiger partial charge on any atom is -0.406 e. The predicted octanol–water partition coefficient (Wildman–Crippen LogP) is 4.16. The summed E-state index contributed by atoms with van der Waals surface area (Å²) < 4.78 is 79.9. The average molecular weight is 462 g/mol. The third-order valence-electron chi connectivity index (χ3n) is 3.88. The van der Waals surface area contributed by atoms with Gasteiger partial charge in [-0.05, 0) is 42.0 Å². The number of amides is 3. The maximum atomic E-state index is 13.1. The van der Waals surface area contributed by atoms with Crippen molar-refractivity contribution in [2.45, 2.75) is 25.4 Å². The highest BCUT2D eigenvalue weighted by atomic mass is 19.4. The van der Waals surface area contributed by atoms with Gasteiger partial charge in [0.2, 0.25) is 5.91 Å². The lowest BCUT2D eigenvalue weighted by Gasteiger charge is -2.18. The number of primary amides is 2. The predicted molar refractivity (Wildman–Crippen MR) is 102 cm³/mol. The van der Waals surface area contributed by atoms with Crippen LogP contribution < -0.4 is 21.2 Å². The third kappa shape index (κ3) is 7.18. The maximum Gasteiger partial charge on any atom is 0.573 e. The van der Waals surface area contributed by atoms with E-state index in [0.29, 0.717) is 5.01 Å². The standard InChI is InChI=1S/C19H16F6N4O3/c20-18(21,22)12-3-1-2-11(10-12)15(8-9-16(26)30)28-29(17(27)31)13-4-6-14(7-5-13)32-19(23,24)25/h1-7,10H,8-9H2,(H2,26,30)(H2,27,31)/b28-15-. The molecule has 0 radical (unpaired) electrons. The molecule has 32 heavy (non-hydrogen) atoms. The molecule has 2 aromatic rings. The van der Waals surface area contributed by atoms with Crippen LogP contribution in [0.5, 0.6) is 5.75 Å². The van der Waals surface area contributed by atoms with E-state index in [4.69, 9.17) is 11.5 Å². The van der Waals surface area contributed by atoms with Crippen molar-refractivity contribution < 1.29 is 40.7 Å². The smallest absolute Gasteiger partial charge is 0.406 e. The first-order valence-corrected chi connectivity index (χ1v) is 8.75. The number of halogens is 6. The number of carbonyl (C=O) groups excluding carboxylic acids is 2. The number of alkyl halides is 6. The van der Waals surface area contributed by atoms with Crippen LogP contribution in [0.25, 0.3) is 0 Å². The van der Waals surface area contributed by atoms with Gasteiger partial charge in [-0.1, -0.05) is 12.1 Å². The summed E-state index contributed by atoms with van der Waals surface area (Å²) in [6.07, 6.45) is -10.1. The van der Waals surface area contributed by atoms with Crippen molar-refractivity contribution in [2.24, 2.45) is 16.6 Å². The molecule has 0 fully saturated rings. The number of urea groups is 1. The quantitative estimate of drug-likeness (QED) is 0.366. The van der Waals surface area contributed by atoms with Crippen molar-refractivity contribution in [1.82, 2.24) is 0 Å². The van der Waals surface area contributed by atoms with E-state index in [1.165, 1.54) is 6.07 Å². The molecule has 0 atom stereocenters. The normalized spacial score (nSPS) is 12.4. The number of hydrogen-bond acceptors (Lipinski definition) is 4. The molecular formula is C19H16F6N4O3. The molecule has 0 heterocycles. The first-order chi connectivity index (χ1) is 14.8. The van der Waals surface area contributed by atoms with Crippen molar-refractivity contribution in [3.05, 3.63) is 59.7 Å². The van der Waals surface area contributed by atoms with E-state index in [-0.39, 0.29) is 29.8 Å². The van der Waals surface area contributed by atoms with Gasteiger partial charge in [0.25, 0.3) is 0 Å². The van der Waals surface area contributed by atoms with Crippen LogP contribution in [0.15, 0.2) is 53.6 Å². The van der Waals surface area contributed by atoms with Gasteiger partial charge in [0.1, 0.15) is 5.75 Å². The van der Waals surface area contributed by atoms with E-state index in [1.54, 1.807) is 0 Å². The molecule has 0 aliphatic heterocycles. The van der Waals surface area contributed by atoms with E-state index in [0.717, 1.165) is 42.5 Å². The third-order valence-corrected chi connectivity index (χ3v) is 3.88. The average Bonchev–Trinajstić information content (AvgIpc) is 2.67. The summed E-state index contributed by atoms with van der Waals surface area (Å²) in [4.78, 5) is 23.1. The SMILES string of the molecule is NC(=O)CC/C(=N/N(C(N)=O)c1ccc(OC(F)(F)F)cc1)c1cccc(C(F)(F)F)c1. The van der Waals surface area contributed by atoms with E-state index < -0.39 is 35.8 Å². The van der Waals surface area contributed by atoms with Crippen molar-refractivity contribution in [2.75, 3.05) is 5.01 Å². The summed E-state index contributed by atoms with van der Waals surface area (Å²) in [5, 5.41) is 4.52. The molecule has 2 rings (SSSR count). The summed E-state index contributed by atoms with van der Waals surface area (Å²) in [6.45, 7) is 0. The van der Waals surface area contributed by atoms with Crippen molar-refractivity contribution in [3.8, 4) is 5.75 Å². The number of hydrogen-bond donors (Lipinski definition) is 2. The van der Waals surface area contributed by atoms with Crippen LogP contribution in [0.4, 0.5) is 36.8 Å². The molecule has 0 aliphatic carbocycles. The lowest BCUT2D eigenvalue weighted by atomic mass is 10.0. The second-order valence-electron chi connectivity index (χ2n) is 6.28. The van der Waals surface area contributed by atoms with E-state index in [9.17, 15) is 35.9 Å². The number of nitrogens with zero attached hydrogens (tertiary/aromatic N) is 2. The van der Waals surface area contributed by atoms with Crippen LogP contribution in [0.1, 0.15) is 24.0 Å². The van der Waals surface area contributed by atoms with Crippen molar-refractivity contribution >= 4 is 23.3 Å². The van der Waals surface area contributed by atoms with Gasteiger partial charge in [0.15, 0.2) is 0 Å². The lowest BCUT2D eigenvalue weighted by Crippen LogP contribution is -2.32. The highest BCUT2D eigenvalue weighted by molar-refractivity contribution is 6.04. The number of carbonyl (C=O) groups is 2. The second kappa shape index (κ2) is 9.58. The van der Waals surface area contributed by atoms with Gasteiger partial charge in [-0.15, -0.1) is 13.2 Å². The number of nitrogens with two attached hydrogens (primary N) is 2. The van der Waals surface area contributed by atoms with Crippen LogP contribution in [0.2, 0.25) is 0 Å². The molecule has 7 nitrogen and oxygen atoms in total. The summed E-state index contributed by atoms with van der Waals surface area (Å²) in [7, 11) is 0. The Hall–Kier alpha value is -3.77. The summed E-state index contributed by atoms with van der Waals surface area (Å²) in [6, 6.07) is 6.63. The van der Waals surface area contributed by atoms with Gasteiger partial charge >= 0.3 is 18.6 Å². The maximum absolute atomic E-state index is 13.1. The number of ether oxygens (including phenoxy) is 1. The highest BCUT2D eigenvalue weighted by Gasteiger charge is 2.32. The summed E-state index contributed by atoms with van der Waals surface area (Å²) >= 11 is 0. The highest BCUT2D eigenvalue weighted by Crippen LogP contribution is 2.30. The Morgan fingerprint density at radius 2 is 1.56 bits per heavy atom. The Morgan fingerprint density at radius 3 is 2.06 bits per heavy atom. The van der Waals surface area contributed by atoms with Gasteiger partial charge in [0.05, 0.1) is 17.0 Å². The summed E-state index contributed by atoms with van der Waals surface area (Å²) in [5.74, 6) is -1.36. The zero-order chi connectivity index (χ0) is 24.1. The Bertz CT molecular complexity index is 1000. The number of benzene rings is 2. The van der Waals surface area contributed by atoms with Crippen molar-refractivity contribution in [3.63, 3.8) is 0 Å². The second-order valence-corrected chi connectivity index (χ2v) is 6.28. The Balaban J connectivity index is 2.48. The molecule has 0 aromatic heterocycles. The first kappa shape index (κ1) is 24.5. The molecule has 4 N–H and O–H groups in total. The van der Waals surface area contributed by atoms with Gasteiger partial charge in [-0.3, -0.25) is 4.79 Å². The molecule has 0 aliphatic rings. The Morgan fingerprint density at radius 1 is 0.938 bits per heavy atom. The number of anilines is 1. The minimum absolute atomic E-state index is 0.0654. The fourth-order valence-electron chi connectivity index (χ4n) is 2.51. The van der Waals surface area contributed by atoms with Crippen LogP contribution in [0, 0.1) is 0 Å². The van der Waals surface area contributed by atoms with E-state index >= 15 is 0 Å². The molecule has 0 saturated carbocycles. The topological polar surface area (TPSA) is 111 Å². The van der Waals surface area contributed by atoms with Crippen LogP contribution in [0.3, 0.4) is 0 Å². The summed E-state index contributed by atoms with van der Waals surface area (Å²) in [5.41, 5.74) is 9.09. The van der Waals surface area contributed by atoms with Gasteiger partial charge < -0.3 is 16.2 Å². The molecule has 3 amide bonds. The van der Waals surface area contributed by atoms with Gasteiger partial charge in [-0.25, -0.2) is 4.79 Å². The molecule has 2 aromatic carbocycles. The zero-order valence-corrected chi connectivity index (χ0v) is 16.1. The fourth-order valence-corrected chi connectivity index (χ4v) is 2.51. The molecule has 0 spiro atoms. The number of hydrazone groups is 1. The first-order valence-electron chi connectivity index (χ1n) is 8.75. The van der Waals surface area contributed by atoms with Crippen LogP contribution >= 0.6 is 0 Å². The van der Waals surface area contributed by atoms with E-state index in [2.05, 4.69) is 9.84 Å². The molecular weight excluding hydrogens is 446 g/mol. The Labute approximate surface area is 177 Å². The lowest BCUT2D eigenvalue weighted by molar-refractivity contribution is -0.274. The van der Waals surface area contributed by atoms with E-state index in [1.807, 2.05) is 0 Å². The molecule has 0 saturated heterocycles. The monoisotopic (exact) mass is 462 g/mol. The largest absolute Gasteiger partial charge is 0.573 e. The molecule has 172 valence electrons. The van der Waals surface area contributed by atoms with Gasteiger partial charge in [-0.2, -0.15) is 23.3 Å².